The second kappa shape index (κ2) is 7.01. The van der Waals surface area contributed by atoms with E-state index in [9.17, 15) is 9.90 Å². The van der Waals surface area contributed by atoms with Crippen LogP contribution in [0, 0.1) is 6.92 Å². The number of phenolic OH excluding ortho intramolecular Hbond substituents is 1. The normalized spacial score (nSPS) is 10.4. The van der Waals surface area contributed by atoms with Crippen LogP contribution in [0.4, 0.5) is 0 Å². The van der Waals surface area contributed by atoms with Crippen molar-refractivity contribution < 1.29 is 9.90 Å². The molecule has 1 rings (SSSR count). The van der Waals surface area contributed by atoms with E-state index in [-0.39, 0.29) is 11.7 Å². The number of carbonyl (C=O) groups excluding carboxylic acids is 1. The van der Waals surface area contributed by atoms with Crippen LogP contribution >= 0.6 is 0 Å². The van der Waals surface area contributed by atoms with Gasteiger partial charge in [0.1, 0.15) is 5.75 Å². The molecule has 18 heavy (non-hydrogen) atoms. The summed E-state index contributed by atoms with van der Waals surface area (Å²) in [7, 11) is 0. The second-order valence-electron chi connectivity index (χ2n) is 4.44. The molecule has 4 heteroatoms. The van der Waals surface area contributed by atoms with Crippen molar-refractivity contribution in [2.24, 2.45) is 5.73 Å². The Morgan fingerprint density at radius 3 is 2.67 bits per heavy atom. The second-order valence-corrected chi connectivity index (χ2v) is 4.44. The molecule has 0 atom stereocenters. The van der Waals surface area contributed by atoms with Crippen molar-refractivity contribution in [3.63, 3.8) is 0 Å². The molecule has 0 aromatic heterocycles. The molecule has 0 unspecified atom stereocenters. The SMILES string of the molecule is CCCCN(CCN)C(=O)c1ccc(C)c(O)c1. The Morgan fingerprint density at radius 1 is 1.39 bits per heavy atom. The van der Waals surface area contributed by atoms with Gasteiger partial charge in [-0.05, 0) is 31.0 Å². The van der Waals surface area contributed by atoms with E-state index in [4.69, 9.17) is 5.73 Å². The number of benzene rings is 1. The maximum absolute atomic E-state index is 12.3. The van der Waals surface area contributed by atoms with E-state index < -0.39 is 0 Å². The number of carbonyl (C=O) groups is 1. The highest BCUT2D eigenvalue weighted by Crippen LogP contribution is 2.18. The number of nitrogens with zero attached hydrogens (tertiary/aromatic N) is 1. The van der Waals surface area contributed by atoms with Crippen LogP contribution in [-0.4, -0.2) is 35.5 Å². The van der Waals surface area contributed by atoms with E-state index in [2.05, 4.69) is 6.92 Å². The van der Waals surface area contributed by atoms with Crippen LogP contribution in [0.25, 0.3) is 0 Å². The highest BCUT2D eigenvalue weighted by Gasteiger charge is 2.15. The number of aromatic hydroxyl groups is 1. The number of nitrogens with two attached hydrogens (primary N) is 1. The van der Waals surface area contributed by atoms with Crippen molar-refractivity contribution >= 4 is 5.91 Å². The molecule has 0 saturated carbocycles. The van der Waals surface area contributed by atoms with E-state index in [1.54, 1.807) is 24.0 Å². The zero-order valence-electron chi connectivity index (χ0n) is 11.1. The first kappa shape index (κ1) is 14.5. The molecule has 0 heterocycles. The van der Waals surface area contributed by atoms with E-state index in [0.717, 1.165) is 18.4 Å². The summed E-state index contributed by atoms with van der Waals surface area (Å²) in [6.07, 6.45) is 2.00. The molecule has 0 aliphatic carbocycles. The van der Waals surface area contributed by atoms with Crippen LogP contribution in [0.2, 0.25) is 0 Å². The number of rotatable bonds is 6. The first-order valence-corrected chi connectivity index (χ1v) is 6.39. The van der Waals surface area contributed by atoms with Crippen molar-refractivity contribution in [1.82, 2.24) is 4.90 Å². The maximum Gasteiger partial charge on any atom is 0.254 e. The van der Waals surface area contributed by atoms with Crippen molar-refractivity contribution in [1.29, 1.82) is 0 Å². The molecule has 3 N–H and O–H groups in total. The average molecular weight is 250 g/mol. The van der Waals surface area contributed by atoms with E-state index >= 15 is 0 Å². The number of hydrogen-bond acceptors (Lipinski definition) is 3. The molecule has 1 aromatic carbocycles. The van der Waals surface area contributed by atoms with Gasteiger partial charge >= 0.3 is 0 Å². The van der Waals surface area contributed by atoms with Gasteiger partial charge in [0.2, 0.25) is 0 Å². The summed E-state index contributed by atoms with van der Waals surface area (Å²) in [6.45, 7) is 5.60. The van der Waals surface area contributed by atoms with E-state index in [0.29, 0.717) is 25.2 Å². The lowest BCUT2D eigenvalue weighted by Crippen LogP contribution is -2.36. The lowest BCUT2D eigenvalue weighted by molar-refractivity contribution is 0.0757. The number of amides is 1. The fraction of sp³-hybridized carbons (Fsp3) is 0.500. The average Bonchev–Trinajstić information content (AvgIpc) is 2.37. The first-order chi connectivity index (χ1) is 8.60. The van der Waals surface area contributed by atoms with Gasteiger partial charge in [0.05, 0.1) is 0 Å². The fourth-order valence-corrected chi connectivity index (χ4v) is 1.74. The standard InChI is InChI=1S/C14H22N2O2/c1-3-4-8-16(9-7-15)14(18)12-6-5-11(2)13(17)10-12/h5-6,10,17H,3-4,7-9,15H2,1-2H3. The third-order valence-corrected chi connectivity index (χ3v) is 2.92. The fourth-order valence-electron chi connectivity index (χ4n) is 1.74. The molecular weight excluding hydrogens is 228 g/mol. The minimum absolute atomic E-state index is 0.0656. The minimum atomic E-state index is -0.0656. The smallest absolute Gasteiger partial charge is 0.254 e. The van der Waals surface area contributed by atoms with Crippen LogP contribution in [0.3, 0.4) is 0 Å². The van der Waals surface area contributed by atoms with Gasteiger partial charge in [0.25, 0.3) is 5.91 Å². The summed E-state index contributed by atoms with van der Waals surface area (Å²) in [4.78, 5) is 14.0. The minimum Gasteiger partial charge on any atom is -0.508 e. The molecule has 1 aromatic rings. The molecule has 0 fully saturated rings. The van der Waals surface area contributed by atoms with Crippen molar-refractivity contribution in [2.75, 3.05) is 19.6 Å². The lowest BCUT2D eigenvalue weighted by Gasteiger charge is -2.22. The van der Waals surface area contributed by atoms with Gasteiger partial charge in [-0.25, -0.2) is 0 Å². The number of aryl methyl sites for hydroxylation is 1. The molecule has 0 bridgehead atoms. The van der Waals surface area contributed by atoms with Gasteiger partial charge < -0.3 is 15.7 Å². The Balaban J connectivity index is 2.83. The van der Waals surface area contributed by atoms with Crippen molar-refractivity contribution in [3.05, 3.63) is 29.3 Å². The lowest BCUT2D eigenvalue weighted by atomic mass is 10.1. The van der Waals surface area contributed by atoms with Gasteiger partial charge in [-0.2, -0.15) is 0 Å². The van der Waals surface area contributed by atoms with Crippen LogP contribution in [0.1, 0.15) is 35.7 Å². The Hall–Kier alpha value is -1.55. The molecule has 100 valence electrons. The van der Waals surface area contributed by atoms with Gasteiger partial charge in [-0.15, -0.1) is 0 Å². The van der Waals surface area contributed by atoms with Crippen LogP contribution < -0.4 is 5.73 Å². The molecule has 0 saturated heterocycles. The molecule has 1 amide bonds. The third-order valence-electron chi connectivity index (χ3n) is 2.92. The quantitative estimate of drug-likeness (QED) is 0.810. The number of hydrogen-bond donors (Lipinski definition) is 2. The predicted molar refractivity (Wildman–Crippen MR) is 72.7 cm³/mol. The molecule has 4 nitrogen and oxygen atoms in total. The summed E-state index contributed by atoms with van der Waals surface area (Å²) in [6, 6.07) is 5.02. The molecule has 0 spiro atoms. The van der Waals surface area contributed by atoms with Crippen LogP contribution in [0.5, 0.6) is 5.75 Å². The summed E-state index contributed by atoms with van der Waals surface area (Å²) in [5.41, 5.74) is 6.81. The molecular formula is C14H22N2O2. The summed E-state index contributed by atoms with van der Waals surface area (Å²) >= 11 is 0. The molecule has 0 aliphatic rings. The third kappa shape index (κ3) is 3.74. The Labute approximate surface area is 108 Å². The number of phenols is 1. The Bertz CT molecular complexity index is 405. The van der Waals surface area contributed by atoms with Gasteiger partial charge in [0, 0.05) is 25.2 Å². The van der Waals surface area contributed by atoms with Gasteiger partial charge in [0.15, 0.2) is 0 Å². The van der Waals surface area contributed by atoms with E-state index in [1.807, 2.05) is 0 Å². The summed E-state index contributed by atoms with van der Waals surface area (Å²) in [5.74, 6) is 0.0910. The largest absolute Gasteiger partial charge is 0.508 e. The van der Waals surface area contributed by atoms with Crippen molar-refractivity contribution in [2.45, 2.75) is 26.7 Å². The van der Waals surface area contributed by atoms with Crippen molar-refractivity contribution in [3.8, 4) is 5.75 Å². The predicted octanol–water partition coefficient (Wildman–Crippen LogP) is 1.90. The highest BCUT2D eigenvalue weighted by molar-refractivity contribution is 5.94. The summed E-state index contributed by atoms with van der Waals surface area (Å²) < 4.78 is 0. The topological polar surface area (TPSA) is 66.6 Å². The summed E-state index contributed by atoms with van der Waals surface area (Å²) in [5, 5.41) is 9.64. The van der Waals surface area contributed by atoms with Crippen LogP contribution in [-0.2, 0) is 0 Å². The Morgan fingerprint density at radius 2 is 2.11 bits per heavy atom. The van der Waals surface area contributed by atoms with Gasteiger partial charge in [-0.1, -0.05) is 19.4 Å². The zero-order valence-corrected chi connectivity index (χ0v) is 11.1. The van der Waals surface area contributed by atoms with E-state index in [1.165, 1.54) is 6.07 Å². The van der Waals surface area contributed by atoms with Gasteiger partial charge in [-0.3, -0.25) is 4.79 Å². The molecule has 0 radical (unpaired) electrons. The zero-order chi connectivity index (χ0) is 13.5. The first-order valence-electron chi connectivity index (χ1n) is 6.39. The van der Waals surface area contributed by atoms with Crippen LogP contribution in [0.15, 0.2) is 18.2 Å². The monoisotopic (exact) mass is 250 g/mol. The molecule has 0 aliphatic heterocycles. The Kier molecular flexibility index (Phi) is 5.65. The number of unbranched alkanes of at least 4 members (excludes halogenated alkanes) is 1. The highest BCUT2D eigenvalue weighted by atomic mass is 16.3. The maximum atomic E-state index is 12.3.